The number of pyridine rings is 1. The zero-order valence-corrected chi connectivity index (χ0v) is 10.4. The van der Waals surface area contributed by atoms with Crippen molar-refractivity contribution in [3.8, 4) is 0 Å². The highest BCUT2D eigenvalue weighted by atomic mass is 35.5. The van der Waals surface area contributed by atoms with Gasteiger partial charge in [-0.1, -0.05) is 11.6 Å². The first-order valence-electron chi connectivity index (χ1n) is 5.69. The number of fused-ring (bicyclic) bond motifs is 1. The van der Waals surface area contributed by atoms with E-state index in [1.807, 2.05) is 12.1 Å². The minimum absolute atomic E-state index is 0.576. The number of rotatable bonds is 1. The molecular formula is C12H12ClN5. The van der Waals surface area contributed by atoms with E-state index in [1.165, 1.54) is 6.33 Å². The van der Waals surface area contributed by atoms with E-state index >= 15 is 0 Å². The van der Waals surface area contributed by atoms with E-state index in [1.54, 1.807) is 6.20 Å². The molecule has 0 saturated heterocycles. The summed E-state index contributed by atoms with van der Waals surface area (Å²) in [5, 5.41) is 0.656. The third-order valence-corrected chi connectivity index (χ3v) is 3.37. The van der Waals surface area contributed by atoms with Gasteiger partial charge in [0.2, 0.25) is 0 Å². The molecule has 2 aromatic rings. The Bertz CT molecular complexity index is 586. The molecule has 1 aliphatic heterocycles. The van der Waals surface area contributed by atoms with Gasteiger partial charge in [-0.3, -0.25) is 0 Å². The second-order valence-electron chi connectivity index (χ2n) is 4.16. The zero-order valence-electron chi connectivity index (χ0n) is 9.67. The summed E-state index contributed by atoms with van der Waals surface area (Å²) in [7, 11) is 0. The summed E-state index contributed by atoms with van der Waals surface area (Å²) in [4.78, 5) is 14.7. The monoisotopic (exact) mass is 261 g/mol. The van der Waals surface area contributed by atoms with Gasteiger partial charge in [0, 0.05) is 18.3 Å². The van der Waals surface area contributed by atoms with Crippen LogP contribution in [-0.4, -0.2) is 21.5 Å². The molecule has 0 saturated carbocycles. The lowest BCUT2D eigenvalue weighted by atomic mass is 10.1. The molecule has 18 heavy (non-hydrogen) atoms. The van der Waals surface area contributed by atoms with Crippen LogP contribution in [0.3, 0.4) is 0 Å². The van der Waals surface area contributed by atoms with Gasteiger partial charge in [0.25, 0.3) is 0 Å². The Labute approximate surface area is 110 Å². The fourth-order valence-corrected chi connectivity index (χ4v) is 2.41. The van der Waals surface area contributed by atoms with Crippen molar-refractivity contribution in [2.24, 2.45) is 0 Å². The maximum atomic E-state index is 6.15. The Morgan fingerprint density at radius 1 is 1.28 bits per heavy atom. The van der Waals surface area contributed by atoms with Gasteiger partial charge in [0.05, 0.1) is 17.3 Å². The molecule has 3 rings (SSSR count). The summed E-state index contributed by atoms with van der Waals surface area (Å²) in [5.74, 6) is 1.37. The van der Waals surface area contributed by atoms with Crippen LogP contribution >= 0.6 is 11.6 Å². The summed E-state index contributed by atoms with van der Waals surface area (Å²) in [6.07, 6.45) is 4.05. The first kappa shape index (κ1) is 11.2. The Hall–Kier alpha value is -1.88. The van der Waals surface area contributed by atoms with Crippen molar-refractivity contribution in [1.82, 2.24) is 15.0 Å². The van der Waals surface area contributed by atoms with Gasteiger partial charge in [0.15, 0.2) is 0 Å². The fourth-order valence-electron chi connectivity index (χ4n) is 2.17. The number of hydrogen-bond acceptors (Lipinski definition) is 5. The van der Waals surface area contributed by atoms with E-state index in [2.05, 4.69) is 19.9 Å². The lowest BCUT2D eigenvalue weighted by Gasteiger charge is -2.29. The number of nitrogens with two attached hydrogens (primary N) is 1. The van der Waals surface area contributed by atoms with Crippen molar-refractivity contribution in [2.45, 2.75) is 13.0 Å². The first-order chi connectivity index (χ1) is 8.75. The molecule has 6 heteroatoms. The van der Waals surface area contributed by atoms with Gasteiger partial charge in [-0.05, 0) is 18.6 Å². The van der Waals surface area contributed by atoms with Crippen LogP contribution in [0.5, 0.6) is 0 Å². The maximum absolute atomic E-state index is 6.15. The highest BCUT2D eigenvalue weighted by Crippen LogP contribution is 2.28. The Balaban J connectivity index is 1.94. The van der Waals surface area contributed by atoms with E-state index in [4.69, 9.17) is 17.3 Å². The normalized spacial score (nSPS) is 14.4. The lowest BCUT2D eigenvalue weighted by Crippen LogP contribution is -2.32. The second-order valence-corrected chi connectivity index (χ2v) is 4.57. The predicted octanol–water partition coefficient (Wildman–Crippen LogP) is 1.67. The summed E-state index contributed by atoms with van der Waals surface area (Å²) in [6, 6.07) is 3.66. The molecule has 0 aromatic carbocycles. The summed E-state index contributed by atoms with van der Waals surface area (Å²) in [6.45, 7) is 1.49. The number of nitrogen functional groups attached to an aromatic ring is 1. The van der Waals surface area contributed by atoms with E-state index < -0.39 is 0 Å². The van der Waals surface area contributed by atoms with Crippen molar-refractivity contribution < 1.29 is 0 Å². The molecule has 92 valence electrons. The molecule has 0 fully saturated rings. The second kappa shape index (κ2) is 4.42. The van der Waals surface area contributed by atoms with Crippen molar-refractivity contribution >= 4 is 23.2 Å². The van der Waals surface area contributed by atoms with Gasteiger partial charge < -0.3 is 10.6 Å². The number of halogens is 1. The van der Waals surface area contributed by atoms with Crippen molar-refractivity contribution in [3.05, 3.63) is 40.9 Å². The van der Waals surface area contributed by atoms with E-state index in [0.29, 0.717) is 17.4 Å². The van der Waals surface area contributed by atoms with Gasteiger partial charge in [-0.15, -0.1) is 0 Å². The standard InChI is InChI=1S/C12H12ClN5/c13-9-2-1-4-15-12(9)18-5-3-8-10(6-18)16-7-17-11(8)14/h1-2,4,7H,3,5-6H2,(H2,14,16,17). The lowest BCUT2D eigenvalue weighted by molar-refractivity contribution is 0.697. The van der Waals surface area contributed by atoms with Crippen LogP contribution in [0.15, 0.2) is 24.7 Å². The topological polar surface area (TPSA) is 67.9 Å². The van der Waals surface area contributed by atoms with Crippen molar-refractivity contribution in [2.75, 3.05) is 17.2 Å². The van der Waals surface area contributed by atoms with Gasteiger partial charge >= 0.3 is 0 Å². The summed E-state index contributed by atoms with van der Waals surface area (Å²) in [5.41, 5.74) is 7.84. The third kappa shape index (κ3) is 1.86. The molecule has 3 heterocycles. The van der Waals surface area contributed by atoms with Crippen LogP contribution in [0.25, 0.3) is 0 Å². The van der Waals surface area contributed by atoms with Crippen LogP contribution in [-0.2, 0) is 13.0 Å². The molecular weight excluding hydrogens is 250 g/mol. The molecule has 2 N–H and O–H groups in total. The van der Waals surface area contributed by atoms with E-state index in [9.17, 15) is 0 Å². The van der Waals surface area contributed by atoms with Gasteiger partial charge in [-0.2, -0.15) is 0 Å². The van der Waals surface area contributed by atoms with Crippen LogP contribution in [0.1, 0.15) is 11.3 Å². The first-order valence-corrected chi connectivity index (χ1v) is 6.07. The zero-order chi connectivity index (χ0) is 12.5. The molecule has 0 amide bonds. The molecule has 0 atom stereocenters. The van der Waals surface area contributed by atoms with Gasteiger partial charge in [-0.25, -0.2) is 15.0 Å². The minimum Gasteiger partial charge on any atom is -0.383 e. The third-order valence-electron chi connectivity index (χ3n) is 3.08. The Morgan fingerprint density at radius 2 is 2.17 bits per heavy atom. The maximum Gasteiger partial charge on any atom is 0.147 e. The van der Waals surface area contributed by atoms with Crippen LogP contribution in [0.2, 0.25) is 5.02 Å². The smallest absolute Gasteiger partial charge is 0.147 e. The Kier molecular flexibility index (Phi) is 2.76. The summed E-state index contributed by atoms with van der Waals surface area (Å²) < 4.78 is 0. The fraction of sp³-hybridized carbons (Fsp3) is 0.250. The van der Waals surface area contributed by atoms with E-state index in [-0.39, 0.29) is 0 Å². The number of nitrogens with zero attached hydrogens (tertiary/aromatic N) is 4. The average molecular weight is 262 g/mol. The largest absolute Gasteiger partial charge is 0.383 e. The Morgan fingerprint density at radius 3 is 3.00 bits per heavy atom. The van der Waals surface area contributed by atoms with Crippen LogP contribution in [0.4, 0.5) is 11.6 Å². The summed E-state index contributed by atoms with van der Waals surface area (Å²) >= 11 is 6.15. The molecule has 5 nitrogen and oxygen atoms in total. The van der Waals surface area contributed by atoms with Gasteiger partial charge in [0.1, 0.15) is 18.0 Å². The molecule has 0 bridgehead atoms. The quantitative estimate of drug-likeness (QED) is 0.846. The number of anilines is 2. The van der Waals surface area contributed by atoms with Crippen molar-refractivity contribution in [3.63, 3.8) is 0 Å². The van der Waals surface area contributed by atoms with Crippen LogP contribution in [0, 0.1) is 0 Å². The average Bonchev–Trinajstić information content (AvgIpc) is 2.39. The SMILES string of the molecule is Nc1ncnc2c1CCN(c1ncccc1Cl)C2. The van der Waals surface area contributed by atoms with Crippen molar-refractivity contribution in [1.29, 1.82) is 0 Å². The molecule has 2 aromatic heterocycles. The number of aromatic nitrogens is 3. The predicted molar refractivity (Wildman–Crippen MR) is 70.4 cm³/mol. The molecule has 1 aliphatic rings. The van der Waals surface area contributed by atoms with Crippen LogP contribution < -0.4 is 10.6 Å². The molecule has 0 aliphatic carbocycles. The highest BCUT2D eigenvalue weighted by molar-refractivity contribution is 6.32. The number of hydrogen-bond donors (Lipinski definition) is 1. The molecule has 0 radical (unpaired) electrons. The minimum atomic E-state index is 0.576. The highest BCUT2D eigenvalue weighted by Gasteiger charge is 2.21. The molecule has 0 unspecified atom stereocenters. The molecule has 0 spiro atoms. The van der Waals surface area contributed by atoms with E-state index in [0.717, 1.165) is 30.0 Å².